The van der Waals surface area contributed by atoms with E-state index in [4.69, 9.17) is 21.4 Å². The number of aryl methyl sites for hydroxylation is 1. The van der Waals surface area contributed by atoms with Gasteiger partial charge in [-0.05, 0) is 68.1 Å². The number of hydrogen-bond donors (Lipinski definition) is 2. The number of carboxylic acids is 1. The number of carbonyl (C=O) groups is 2. The van der Waals surface area contributed by atoms with Crippen molar-refractivity contribution in [2.75, 3.05) is 5.32 Å². The third-order valence-corrected chi connectivity index (χ3v) is 4.50. The molecule has 0 atom stereocenters. The number of halogens is 1. The van der Waals surface area contributed by atoms with Crippen LogP contribution in [0.2, 0.25) is 5.02 Å². The summed E-state index contributed by atoms with van der Waals surface area (Å²) in [6.07, 6.45) is 3.45. The number of rotatable bonds is 5. The van der Waals surface area contributed by atoms with Crippen LogP contribution in [0.4, 0.5) is 5.69 Å². The fraction of sp³-hybridized carbons (Fsp3) is 0.263. The molecule has 0 spiro atoms. The van der Waals surface area contributed by atoms with Gasteiger partial charge in [0, 0.05) is 11.3 Å². The Morgan fingerprint density at radius 2 is 1.84 bits per heavy atom. The number of anilines is 1. The van der Waals surface area contributed by atoms with Crippen molar-refractivity contribution in [2.24, 2.45) is 0 Å². The zero-order chi connectivity index (χ0) is 18.0. The maximum absolute atomic E-state index is 12.4. The number of carbonyl (C=O) groups excluding carboxylic acids is 1. The Kier molecular flexibility index (Phi) is 4.95. The van der Waals surface area contributed by atoms with Crippen LogP contribution in [-0.4, -0.2) is 23.1 Å². The van der Waals surface area contributed by atoms with Crippen LogP contribution in [0.25, 0.3) is 0 Å². The SMILES string of the molecule is Cc1cc(C(=O)Nc2ccc(C(=O)O)cc2)cc(Cl)c1OC1CCC1. The third kappa shape index (κ3) is 3.94. The minimum atomic E-state index is -1.01. The number of amides is 1. The second kappa shape index (κ2) is 7.15. The summed E-state index contributed by atoms with van der Waals surface area (Å²) in [5.41, 5.74) is 1.91. The van der Waals surface area contributed by atoms with Crippen LogP contribution in [0, 0.1) is 6.92 Å². The van der Waals surface area contributed by atoms with Crippen molar-refractivity contribution in [1.82, 2.24) is 0 Å². The van der Waals surface area contributed by atoms with E-state index in [-0.39, 0.29) is 17.6 Å². The Morgan fingerprint density at radius 1 is 1.16 bits per heavy atom. The molecule has 1 amide bonds. The topological polar surface area (TPSA) is 75.6 Å². The van der Waals surface area contributed by atoms with E-state index in [2.05, 4.69) is 5.32 Å². The zero-order valence-electron chi connectivity index (χ0n) is 13.7. The molecule has 0 radical (unpaired) electrons. The van der Waals surface area contributed by atoms with Gasteiger partial charge in [0.25, 0.3) is 5.91 Å². The molecule has 25 heavy (non-hydrogen) atoms. The molecule has 0 aliphatic heterocycles. The molecular weight excluding hydrogens is 342 g/mol. The summed E-state index contributed by atoms with van der Waals surface area (Å²) in [5, 5.41) is 12.0. The van der Waals surface area contributed by atoms with Gasteiger partial charge in [-0.25, -0.2) is 4.79 Å². The van der Waals surface area contributed by atoms with E-state index in [0.29, 0.717) is 22.0 Å². The van der Waals surface area contributed by atoms with E-state index in [9.17, 15) is 9.59 Å². The summed E-state index contributed by atoms with van der Waals surface area (Å²) in [5.74, 6) is -0.695. The van der Waals surface area contributed by atoms with Crippen molar-refractivity contribution in [3.05, 3.63) is 58.1 Å². The Hall–Kier alpha value is -2.53. The summed E-state index contributed by atoms with van der Waals surface area (Å²) in [4.78, 5) is 23.3. The van der Waals surface area contributed by atoms with Gasteiger partial charge in [-0.15, -0.1) is 0 Å². The number of ether oxygens (including phenoxy) is 1. The Bertz CT molecular complexity index is 790. The van der Waals surface area contributed by atoms with Crippen molar-refractivity contribution in [3.63, 3.8) is 0 Å². The minimum absolute atomic E-state index is 0.161. The van der Waals surface area contributed by atoms with Crippen molar-refractivity contribution in [1.29, 1.82) is 0 Å². The number of nitrogens with one attached hydrogen (secondary N) is 1. The standard InChI is InChI=1S/C19H18ClNO4/c1-11-9-13(10-16(20)17(11)25-15-3-2-4-15)18(22)21-14-7-5-12(6-8-14)19(23)24/h5-10,15H,2-4H2,1H3,(H,21,22)(H,23,24). The molecule has 2 N–H and O–H groups in total. The monoisotopic (exact) mass is 359 g/mol. The maximum atomic E-state index is 12.4. The van der Waals surface area contributed by atoms with Crippen LogP contribution in [0.1, 0.15) is 45.5 Å². The Balaban J connectivity index is 1.74. The first-order chi connectivity index (χ1) is 11.9. The summed E-state index contributed by atoms with van der Waals surface area (Å²) in [6, 6.07) is 9.29. The highest BCUT2D eigenvalue weighted by atomic mass is 35.5. The first-order valence-electron chi connectivity index (χ1n) is 8.05. The van der Waals surface area contributed by atoms with E-state index in [0.717, 1.165) is 18.4 Å². The van der Waals surface area contributed by atoms with E-state index in [1.807, 2.05) is 6.92 Å². The highest BCUT2D eigenvalue weighted by Gasteiger charge is 2.22. The lowest BCUT2D eigenvalue weighted by Crippen LogP contribution is -2.25. The summed E-state index contributed by atoms with van der Waals surface area (Å²) >= 11 is 6.29. The van der Waals surface area contributed by atoms with E-state index < -0.39 is 5.97 Å². The van der Waals surface area contributed by atoms with Crippen LogP contribution in [0.5, 0.6) is 5.75 Å². The van der Waals surface area contributed by atoms with Gasteiger partial charge >= 0.3 is 5.97 Å². The molecule has 3 rings (SSSR count). The van der Waals surface area contributed by atoms with Crippen LogP contribution < -0.4 is 10.1 Å². The molecule has 130 valence electrons. The van der Waals surface area contributed by atoms with Gasteiger partial charge in [0.2, 0.25) is 0 Å². The second-order valence-corrected chi connectivity index (χ2v) is 6.52. The number of aromatic carboxylic acids is 1. The Labute approximate surface area is 150 Å². The number of hydrogen-bond acceptors (Lipinski definition) is 3. The summed E-state index contributed by atoms with van der Waals surface area (Å²) < 4.78 is 5.88. The number of benzene rings is 2. The molecular formula is C19H18ClNO4. The van der Waals surface area contributed by atoms with Gasteiger partial charge in [0.1, 0.15) is 5.75 Å². The van der Waals surface area contributed by atoms with Gasteiger partial charge in [0.15, 0.2) is 0 Å². The first-order valence-corrected chi connectivity index (χ1v) is 8.43. The van der Waals surface area contributed by atoms with Gasteiger partial charge in [-0.1, -0.05) is 11.6 Å². The van der Waals surface area contributed by atoms with Crippen molar-refractivity contribution in [2.45, 2.75) is 32.3 Å². The fourth-order valence-electron chi connectivity index (χ4n) is 2.57. The molecule has 2 aromatic rings. The van der Waals surface area contributed by atoms with Crippen LogP contribution in [0.3, 0.4) is 0 Å². The van der Waals surface area contributed by atoms with E-state index >= 15 is 0 Å². The highest BCUT2D eigenvalue weighted by Crippen LogP contribution is 2.34. The van der Waals surface area contributed by atoms with Gasteiger partial charge in [0.05, 0.1) is 16.7 Å². The molecule has 0 bridgehead atoms. The van der Waals surface area contributed by atoms with E-state index in [1.54, 1.807) is 24.3 Å². The van der Waals surface area contributed by atoms with Crippen molar-refractivity contribution < 1.29 is 19.4 Å². The zero-order valence-corrected chi connectivity index (χ0v) is 14.5. The van der Waals surface area contributed by atoms with Crippen LogP contribution in [-0.2, 0) is 0 Å². The van der Waals surface area contributed by atoms with Crippen LogP contribution in [0.15, 0.2) is 36.4 Å². The van der Waals surface area contributed by atoms with Crippen molar-refractivity contribution in [3.8, 4) is 5.75 Å². The largest absolute Gasteiger partial charge is 0.489 e. The molecule has 0 unspecified atom stereocenters. The summed E-state index contributed by atoms with van der Waals surface area (Å²) in [6.45, 7) is 1.86. The van der Waals surface area contributed by atoms with E-state index in [1.165, 1.54) is 18.6 Å². The lowest BCUT2D eigenvalue weighted by Gasteiger charge is -2.27. The summed E-state index contributed by atoms with van der Waals surface area (Å²) in [7, 11) is 0. The predicted octanol–water partition coefficient (Wildman–Crippen LogP) is 4.53. The molecule has 0 saturated heterocycles. The normalized spacial score (nSPS) is 13.8. The van der Waals surface area contributed by atoms with Crippen molar-refractivity contribution >= 4 is 29.2 Å². The van der Waals surface area contributed by atoms with Gasteiger partial charge < -0.3 is 15.2 Å². The minimum Gasteiger partial charge on any atom is -0.489 e. The molecule has 1 fully saturated rings. The Morgan fingerprint density at radius 3 is 2.36 bits per heavy atom. The molecule has 1 aliphatic carbocycles. The fourth-order valence-corrected chi connectivity index (χ4v) is 2.88. The van der Waals surface area contributed by atoms with Gasteiger partial charge in [-0.3, -0.25) is 4.79 Å². The first kappa shape index (κ1) is 17.3. The lowest BCUT2D eigenvalue weighted by atomic mass is 9.96. The van der Waals surface area contributed by atoms with Gasteiger partial charge in [-0.2, -0.15) is 0 Å². The number of carboxylic acid groups (broad SMARTS) is 1. The predicted molar refractivity (Wildman–Crippen MR) is 95.8 cm³/mol. The average molecular weight is 360 g/mol. The highest BCUT2D eigenvalue weighted by molar-refractivity contribution is 6.32. The molecule has 0 aromatic heterocycles. The smallest absolute Gasteiger partial charge is 0.335 e. The molecule has 5 nitrogen and oxygen atoms in total. The molecule has 1 aliphatic rings. The maximum Gasteiger partial charge on any atom is 0.335 e. The quantitative estimate of drug-likeness (QED) is 0.822. The van der Waals surface area contributed by atoms with Crippen LogP contribution >= 0.6 is 11.6 Å². The molecule has 2 aromatic carbocycles. The third-order valence-electron chi connectivity index (χ3n) is 4.22. The second-order valence-electron chi connectivity index (χ2n) is 6.11. The molecule has 6 heteroatoms. The average Bonchev–Trinajstić information content (AvgIpc) is 2.52. The molecule has 0 heterocycles. The lowest BCUT2D eigenvalue weighted by molar-refractivity contribution is 0.0696. The molecule has 1 saturated carbocycles.